The van der Waals surface area contributed by atoms with Gasteiger partial charge >= 0.3 is 17.5 Å². The van der Waals surface area contributed by atoms with Gasteiger partial charge in [0.2, 0.25) is 23.1 Å². The lowest BCUT2D eigenvalue weighted by Crippen LogP contribution is -2.55. The van der Waals surface area contributed by atoms with Crippen molar-refractivity contribution in [3.63, 3.8) is 0 Å². The molecule has 0 saturated carbocycles. The maximum absolute atomic E-state index is 13.3. The molecular formula is C27H24N8O8. The van der Waals surface area contributed by atoms with E-state index >= 15 is 0 Å². The Balaban J connectivity index is 1.74. The number of hydrogen-bond acceptors (Lipinski definition) is 12. The molecule has 220 valence electrons. The Labute approximate surface area is 241 Å². The van der Waals surface area contributed by atoms with Crippen molar-refractivity contribution in [3.8, 4) is 23.3 Å². The number of rotatable bonds is 0. The van der Waals surface area contributed by atoms with Crippen LogP contribution in [0.3, 0.4) is 0 Å². The second kappa shape index (κ2) is 9.64. The Morgan fingerprint density at radius 1 is 0.558 bits per heavy atom. The first-order valence-electron chi connectivity index (χ1n) is 12.8. The number of hydrogen-bond donors (Lipinski definition) is 0. The van der Waals surface area contributed by atoms with Gasteiger partial charge in [-0.2, -0.15) is 0 Å². The van der Waals surface area contributed by atoms with Crippen molar-refractivity contribution >= 4 is 22.7 Å². The lowest BCUT2D eigenvalue weighted by atomic mass is 10.2. The topological polar surface area (TPSA) is 174 Å². The summed E-state index contributed by atoms with van der Waals surface area (Å²) in [5.41, 5.74) is -2.13. The molecule has 2 aliphatic rings. The van der Waals surface area contributed by atoms with E-state index < -0.39 is 40.4 Å². The van der Waals surface area contributed by atoms with Crippen molar-refractivity contribution < 1.29 is 18.9 Å². The highest BCUT2D eigenvalue weighted by Gasteiger charge is 2.49. The van der Waals surface area contributed by atoms with E-state index in [1.807, 2.05) is 13.8 Å². The minimum absolute atomic E-state index is 0.0150. The van der Waals surface area contributed by atoms with Crippen LogP contribution in [0.2, 0.25) is 0 Å². The van der Waals surface area contributed by atoms with Crippen LogP contribution in [0, 0.1) is 13.8 Å². The zero-order valence-corrected chi connectivity index (χ0v) is 23.8. The van der Waals surface area contributed by atoms with Crippen LogP contribution in [0.4, 0.5) is 22.7 Å². The fourth-order valence-corrected chi connectivity index (χ4v) is 4.44. The van der Waals surface area contributed by atoms with Gasteiger partial charge in [-0.05, 0) is 49.2 Å². The van der Waals surface area contributed by atoms with E-state index in [0.717, 1.165) is 29.4 Å². The standard InChI is InChI=1S/C27H24N8O8/c1-13-7-9-17-15(11-13)28-30-19-21(36)32(3)25(38)34(5)23(19)42-27(40-17)41-18-10-8-14(2)12-16(18)29-31-20-22(37)33(4)26(39)35(6)24(20)43-27/h7-12H,1-6H3. The monoisotopic (exact) mass is 588 g/mol. The molecule has 0 unspecified atom stereocenters. The minimum atomic E-state index is -2.77. The van der Waals surface area contributed by atoms with E-state index in [4.69, 9.17) is 18.9 Å². The fourth-order valence-electron chi connectivity index (χ4n) is 4.44. The molecule has 2 aliphatic heterocycles. The largest absolute Gasteiger partial charge is 0.613 e. The first kappa shape index (κ1) is 27.4. The summed E-state index contributed by atoms with van der Waals surface area (Å²) in [5, 5.41) is 16.7. The quantitative estimate of drug-likeness (QED) is 0.301. The van der Waals surface area contributed by atoms with Crippen molar-refractivity contribution in [2.45, 2.75) is 20.0 Å². The van der Waals surface area contributed by atoms with Crippen molar-refractivity contribution in [3.05, 3.63) is 89.2 Å². The Kier molecular flexibility index (Phi) is 6.14. The zero-order chi connectivity index (χ0) is 30.8. The summed E-state index contributed by atoms with van der Waals surface area (Å²) in [6.07, 6.45) is -2.77. The van der Waals surface area contributed by atoms with Crippen LogP contribution in [0.15, 0.2) is 76.0 Å². The third-order valence-corrected chi connectivity index (χ3v) is 6.83. The summed E-state index contributed by atoms with van der Waals surface area (Å²) in [6, 6.07) is 9.74. The van der Waals surface area contributed by atoms with Crippen LogP contribution in [0.25, 0.3) is 0 Å². The second-order valence-corrected chi connectivity index (χ2v) is 9.97. The molecule has 2 aromatic carbocycles. The van der Waals surface area contributed by atoms with Gasteiger partial charge in [0, 0.05) is 28.2 Å². The number of aromatic nitrogens is 4. The third kappa shape index (κ3) is 4.39. The molecule has 4 aromatic rings. The van der Waals surface area contributed by atoms with Crippen LogP contribution in [-0.4, -0.2) is 24.4 Å². The second-order valence-electron chi connectivity index (χ2n) is 9.97. The molecule has 1 spiro atoms. The van der Waals surface area contributed by atoms with Crippen LogP contribution >= 0.6 is 0 Å². The van der Waals surface area contributed by atoms with Gasteiger partial charge in [0.1, 0.15) is 11.4 Å². The highest BCUT2D eigenvalue weighted by atomic mass is 17.0. The van der Waals surface area contributed by atoms with Crippen LogP contribution in [0.1, 0.15) is 11.1 Å². The first-order chi connectivity index (χ1) is 20.4. The molecule has 2 aromatic heterocycles. The van der Waals surface area contributed by atoms with Crippen LogP contribution in [-0.2, 0) is 28.2 Å². The highest BCUT2D eigenvalue weighted by molar-refractivity contribution is 5.57. The average Bonchev–Trinajstić information content (AvgIpc) is 3.09. The van der Waals surface area contributed by atoms with Crippen LogP contribution in [0.5, 0.6) is 23.3 Å². The molecule has 6 rings (SSSR count). The summed E-state index contributed by atoms with van der Waals surface area (Å²) in [5.74, 6) is -0.862. The Bertz CT molecular complexity index is 2000. The predicted octanol–water partition coefficient (Wildman–Crippen LogP) is 2.78. The zero-order valence-electron chi connectivity index (χ0n) is 23.8. The van der Waals surface area contributed by atoms with E-state index in [2.05, 4.69) is 20.5 Å². The number of aryl methyl sites for hydroxylation is 2. The number of benzene rings is 2. The molecule has 0 atom stereocenters. The number of nitrogens with zero attached hydrogens (tertiary/aromatic N) is 8. The Morgan fingerprint density at radius 3 is 1.35 bits per heavy atom. The molecule has 4 heterocycles. The summed E-state index contributed by atoms with van der Waals surface area (Å²) < 4.78 is 28.6. The first-order valence-corrected chi connectivity index (χ1v) is 12.8. The van der Waals surface area contributed by atoms with Gasteiger partial charge in [-0.25, -0.2) is 9.59 Å². The summed E-state index contributed by atoms with van der Waals surface area (Å²) in [6.45, 7) is 3.61. The molecular weight excluding hydrogens is 564 g/mol. The van der Waals surface area contributed by atoms with E-state index in [9.17, 15) is 19.2 Å². The Morgan fingerprint density at radius 2 is 0.953 bits per heavy atom. The molecule has 0 fully saturated rings. The van der Waals surface area contributed by atoms with Crippen molar-refractivity contribution in [1.29, 1.82) is 0 Å². The number of azo groups is 2. The molecule has 0 radical (unpaired) electrons. The summed E-state index contributed by atoms with van der Waals surface area (Å²) in [7, 11) is 5.20. The van der Waals surface area contributed by atoms with Crippen molar-refractivity contribution in [2.75, 3.05) is 0 Å². The summed E-state index contributed by atoms with van der Waals surface area (Å²) in [4.78, 5) is 52.6. The van der Waals surface area contributed by atoms with Gasteiger partial charge in [0.05, 0.1) is 0 Å². The van der Waals surface area contributed by atoms with Gasteiger partial charge in [0.15, 0.2) is 11.5 Å². The highest BCUT2D eigenvalue weighted by Crippen LogP contribution is 2.42. The molecule has 43 heavy (non-hydrogen) atoms. The van der Waals surface area contributed by atoms with Gasteiger partial charge in [-0.3, -0.25) is 27.9 Å². The van der Waals surface area contributed by atoms with Gasteiger partial charge < -0.3 is 18.9 Å². The minimum Gasteiger partial charge on any atom is -0.384 e. The lowest BCUT2D eigenvalue weighted by Gasteiger charge is -2.33. The molecule has 0 aliphatic carbocycles. The Hall–Kier alpha value is -5.80. The van der Waals surface area contributed by atoms with Crippen LogP contribution < -0.4 is 41.4 Å². The van der Waals surface area contributed by atoms with Crippen molar-refractivity contribution in [2.24, 2.45) is 48.6 Å². The average molecular weight is 589 g/mol. The van der Waals surface area contributed by atoms with Gasteiger partial charge in [0.25, 0.3) is 11.1 Å². The SMILES string of the molecule is Cc1ccc2c(c1)N=Nc1c(n(C)c(=O)n(C)c1=O)OC1(O2)Oc2ccc(C)cc2N=Nc2c(n(C)c(=O)n(C)c2=O)O1. The van der Waals surface area contributed by atoms with E-state index in [-0.39, 0.29) is 34.2 Å². The van der Waals surface area contributed by atoms with E-state index in [1.54, 1.807) is 24.3 Å². The normalized spacial score (nSPS) is 16.7. The van der Waals surface area contributed by atoms with E-state index in [1.165, 1.54) is 40.3 Å². The van der Waals surface area contributed by atoms with Gasteiger partial charge in [-0.1, -0.05) is 12.1 Å². The maximum Gasteiger partial charge on any atom is 0.613 e. The van der Waals surface area contributed by atoms with Gasteiger partial charge in [-0.15, -0.1) is 20.5 Å². The molecule has 0 N–H and O–H groups in total. The fraction of sp³-hybridized carbons (Fsp3) is 0.259. The van der Waals surface area contributed by atoms with E-state index in [0.29, 0.717) is 0 Å². The lowest BCUT2D eigenvalue weighted by molar-refractivity contribution is -0.369. The molecule has 16 heteroatoms. The number of fused-ring (bicyclic) bond motifs is 4. The molecule has 0 bridgehead atoms. The smallest absolute Gasteiger partial charge is 0.384 e. The third-order valence-electron chi connectivity index (χ3n) is 6.83. The molecule has 0 saturated heterocycles. The summed E-state index contributed by atoms with van der Waals surface area (Å²) >= 11 is 0. The predicted molar refractivity (Wildman–Crippen MR) is 150 cm³/mol. The molecule has 0 amide bonds. The maximum atomic E-state index is 13.3. The number of ether oxygens (including phenoxy) is 4. The van der Waals surface area contributed by atoms with Crippen molar-refractivity contribution in [1.82, 2.24) is 18.3 Å². The molecule has 16 nitrogen and oxygen atoms in total.